The minimum absolute atomic E-state index is 0.165. The summed E-state index contributed by atoms with van der Waals surface area (Å²) in [5.41, 5.74) is 1.23. The van der Waals surface area contributed by atoms with E-state index in [1.807, 2.05) is 41.8 Å². The van der Waals surface area contributed by atoms with E-state index in [1.165, 1.54) is 16.6 Å². The number of methoxy groups -OCH3 is 1. The van der Waals surface area contributed by atoms with Crippen LogP contribution in [0.25, 0.3) is 0 Å². The lowest BCUT2D eigenvalue weighted by Crippen LogP contribution is -2.31. The summed E-state index contributed by atoms with van der Waals surface area (Å²) < 4.78 is 34.6. The van der Waals surface area contributed by atoms with E-state index in [1.54, 1.807) is 35.0 Å². The van der Waals surface area contributed by atoms with Crippen LogP contribution < -0.4 is 4.74 Å². The van der Waals surface area contributed by atoms with Crippen molar-refractivity contribution < 1.29 is 17.9 Å². The number of hydrogen-bond donors (Lipinski definition) is 0. The number of ether oxygens (including phenoxy) is 1. The maximum atomic E-state index is 13.6. The second-order valence-corrected chi connectivity index (χ2v) is 10.8. The molecule has 0 spiro atoms. The highest BCUT2D eigenvalue weighted by atomic mass is 32.2. The first-order valence-corrected chi connectivity index (χ1v) is 12.8. The summed E-state index contributed by atoms with van der Waals surface area (Å²) in [7, 11) is -0.276. The van der Waals surface area contributed by atoms with Crippen molar-refractivity contribution in [3.8, 4) is 5.75 Å². The normalized spacial score (nSPS) is 14.6. The lowest BCUT2D eigenvalue weighted by Gasteiger charge is -2.23. The molecule has 0 saturated carbocycles. The average Bonchev–Trinajstić information content (AvgIpc) is 3.55. The van der Waals surface area contributed by atoms with Crippen LogP contribution in [0.3, 0.4) is 0 Å². The molecule has 1 aliphatic heterocycles. The summed E-state index contributed by atoms with van der Waals surface area (Å²) >= 11 is 1.58. The topological polar surface area (TPSA) is 71.8 Å². The number of hydrogen-bond acceptors (Lipinski definition) is 5. The third kappa shape index (κ3) is 4.60. The van der Waals surface area contributed by atoms with Crippen molar-refractivity contribution in [3.05, 3.63) is 70.2 Å². The maximum Gasteiger partial charge on any atom is 0.271 e. The molecule has 1 aliphatic rings. The zero-order valence-corrected chi connectivity index (χ0v) is 19.9. The van der Waals surface area contributed by atoms with Crippen LogP contribution in [0.2, 0.25) is 0 Å². The lowest BCUT2D eigenvalue weighted by atomic mass is 10.1. The Hall–Kier alpha value is -2.62. The highest BCUT2D eigenvalue weighted by Gasteiger charge is 2.30. The van der Waals surface area contributed by atoms with Crippen molar-refractivity contribution in [1.82, 2.24) is 13.8 Å². The molecule has 1 amide bonds. The van der Waals surface area contributed by atoms with Gasteiger partial charge in [-0.15, -0.1) is 11.3 Å². The molecule has 0 N–H and O–H groups in total. The average molecular weight is 474 g/mol. The van der Waals surface area contributed by atoms with Crippen molar-refractivity contribution in [3.63, 3.8) is 0 Å². The van der Waals surface area contributed by atoms with E-state index in [0.717, 1.165) is 23.3 Å². The van der Waals surface area contributed by atoms with Gasteiger partial charge in [0.05, 0.1) is 20.2 Å². The smallest absolute Gasteiger partial charge is 0.271 e. The Morgan fingerprint density at radius 3 is 2.56 bits per heavy atom. The third-order valence-electron chi connectivity index (χ3n) is 5.67. The number of thiophene rings is 1. The molecule has 0 aliphatic carbocycles. The van der Waals surface area contributed by atoms with Crippen molar-refractivity contribution >= 4 is 27.3 Å². The Morgan fingerprint density at radius 1 is 1.12 bits per heavy atom. The summed E-state index contributed by atoms with van der Waals surface area (Å²) in [6.07, 6.45) is 3.27. The van der Waals surface area contributed by atoms with Crippen LogP contribution in [-0.2, 0) is 30.2 Å². The molecule has 9 heteroatoms. The van der Waals surface area contributed by atoms with Gasteiger partial charge in [0.1, 0.15) is 16.3 Å². The van der Waals surface area contributed by atoms with Crippen LogP contribution in [-0.4, -0.2) is 48.3 Å². The molecule has 1 aromatic carbocycles. The predicted molar refractivity (Wildman–Crippen MR) is 124 cm³/mol. The SMILES string of the molecule is COc1ccccc1CN(Cc1cccs1)C(=O)c1cc(S(=O)(=O)N2CCCC2)cn1C. The van der Waals surface area contributed by atoms with E-state index in [2.05, 4.69) is 0 Å². The fourth-order valence-electron chi connectivity index (χ4n) is 3.96. The molecule has 0 unspecified atom stereocenters. The molecule has 1 saturated heterocycles. The Bertz CT molecular complexity index is 1180. The minimum atomic E-state index is -3.60. The van der Waals surface area contributed by atoms with Crippen molar-refractivity contribution in [2.75, 3.05) is 20.2 Å². The van der Waals surface area contributed by atoms with E-state index in [9.17, 15) is 13.2 Å². The molecular formula is C23H27N3O4S2. The Labute approximate surface area is 192 Å². The van der Waals surface area contributed by atoms with Crippen LogP contribution in [0.5, 0.6) is 5.75 Å². The Balaban J connectivity index is 1.65. The molecule has 7 nitrogen and oxygen atoms in total. The van der Waals surface area contributed by atoms with Gasteiger partial charge in [0.15, 0.2) is 0 Å². The van der Waals surface area contributed by atoms with Crippen LogP contribution in [0, 0.1) is 0 Å². The Morgan fingerprint density at radius 2 is 1.88 bits per heavy atom. The van der Waals surface area contributed by atoms with E-state index in [4.69, 9.17) is 4.74 Å². The van der Waals surface area contributed by atoms with Crippen LogP contribution in [0.1, 0.15) is 33.8 Å². The number of carbonyl (C=O) groups is 1. The molecule has 0 radical (unpaired) electrons. The molecule has 1 fully saturated rings. The molecule has 3 heterocycles. The van der Waals surface area contributed by atoms with Crippen LogP contribution in [0.4, 0.5) is 0 Å². The number of aryl methyl sites for hydroxylation is 1. The number of rotatable bonds is 8. The van der Waals surface area contributed by atoms with Crippen molar-refractivity contribution in [2.45, 2.75) is 30.8 Å². The second kappa shape index (κ2) is 9.48. The zero-order valence-electron chi connectivity index (χ0n) is 18.2. The minimum Gasteiger partial charge on any atom is -0.496 e. The van der Waals surface area contributed by atoms with Gasteiger partial charge >= 0.3 is 0 Å². The van der Waals surface area contributed by atoms with Crippen LogP contribution in [0.15, 0.2) is 58.9 Å². The molecule has 0 bridgehead atoms. The number of nitrogens with zero attached hydrogens (tertiary/aromatic N) is 3. The number of sulfonamides is 1. The number of amides is 1. The van der Waals surface area contributed by atoms with Gasteiger partial charge in [-0.1, -0.05) is 24.3 Å². The molecule has 4 rings (SSSR count). The number of benzene rings is 1. The van der Waals surface area contributed by atoms with Crippen molar-refractivity contribution in [1.29, 1.82) is 0 Å². The molecule has 3 aromatic rings. The van der Waals surface area contributed by atoms with Gasteiger partial charge in [0.25, 0.3) is 5.91 Å². The second-order valence-electron chi connectivity index (χ2n) is 7.84. The molecular weight excluding hydrogens is 446 g/mol. The summed E-state index contributed by atoms with van der Waals surface area (Å²) in [6, 6.07) is 13.0. The quantitative estimate of drug-likeness (QED) is 0.500. The van der Waals surface area contributed by atoms with Gasteiger partial charge in [-0.25, -0.2) is 8.42 Å². The number of carbonyl (C=O) groups excluding carboxylic acids is 1. The van der Waals surface area contributed by atoms with Gasteiger partial charge in [0, 0.05) is 36.8 Å². The molecule has 2 aromatic heterocycles. The number of para-hydroxylation sites is 1. The van der Waals surface area contributed by atoms with Gasteiger partial charge in [-0.2, -0.15) is 4.31 Å². The molecule has 170 valence electrons. The first kappa shape index (κ1) is 22.6. The first-order chi connectivity index (χ1) is 15.4. The lowest BCUT2D eigenvalue weighted by molar-refractivity contribution is 0.0721. The molecule has 32 heavy (non-hydrogen) atoms. The van der Waals surface area contributed by atoms with Gasteiger partial charge < -0.3 is 14.2 Å². The number of aromatic nitrogens is 1. The van der Waals surface area contributed by atoms with Crippen molar-refractivity contribution in [2.24, 2.45) is 7.05 Å². The zero-order chi connectivity index (χ0) is 22.7. The summed E-state index contributed by atoms with van der Waals surface area (Å²) in [6.45, 7) is 1.83. The fourth-order valence-corrected chi connectivity index (χ4v) is 6.27. The van der Waals surface area contributed by atoms with E-state index in [0.29, 0.717) is 37.6 Å². The first-order valence-electron chi connectivity index (χ1n) is 10.5. The maximum absolute atomic E-state index is 13.6. The highest BCUT2D eigenvalue weighted by molar-refractivity contribution is 7.89. The predicted octanol–water partition coefficient (Wildman–Crippen LogP) is 3.72. The summed E-state index contributed by atoms with van der Waals surface area (Å²) in [5.74, 6) is 0.482. The van der Waals surface area contributed by atoms with Gasteiger partial charge in [-0.3, -0.25) is 4.79 Å². The van der Waals surface area contributed by atoms with Crippen LogP contribution >= 0.6 is 11.3 Å². The fraction of sp³-hybridized carbons (Fsp3) is 0.348. The standard InChI is InChI=1S/C23H27N3O4S2/c1-24-17-20(32(28,29)26-11-5-6-12-26)14-21(24)23(27)25(16-19-9-7-13-31-19)15-18-8-3-4-10-22(18)30-2/h3-4,7-10,13-14,17H,5-6,11-12,15-16H2,1-2H3. The van der Waals surface area contributed by atoms with Gasteiger partial charge in [0.2, 0.25) is 10.0 Å². The largest absolute Gasteiger partial charge is 0.496 e. The van der Waals surface area contributed by atoms with E-state index in [-0.39, 0.29) is 10.8 Å². The third-order valence-corrected chi connectivity index (χ3v) is 8.39. The summed E-state index contributed by atoms with van der Waals surface area (Å²) in [4.78, 5) is 16.6. The molecule has 0 atom stereocenters. The summed E-state index contributed by atoms with van der Waals surface area (Å²) in [5, 5.41) is 1.98. The van der Waals surface area contributed by atoms with Gasteiger partial charge in [-0.05, 0) is 36.4 Å². The Kier molecular flexibility index (Phi) is 6.68. The monoisotopic (exact) mass is 473 g/mol. The van der Waals surface area contributed by atoms with E-state index < -0.39 is 10.0 Å². The van der Waals surface area contributed by atoms with E-state index >= 15 is 0 Å². The highest BCUT2D eigenvalue weighted by Crippen LogP contribution is 2.26.